The second-order valence-corrected chi connectivity index (χ2v) is 9.68. The molecule has 0 spiro atoms. The van der Waals surface area contributed by atoms with Crippen molar-refractivity contribution in [2.45, 2.75) is 71.8 Å². The van der Waals surface area contributed by atoms with Gasteiger partial charge in [0.1, 0.15) is 5.54 Å². The van der Waals surface area contributed by atoms with Gasteiger partial charge in [-0.2, -0.15) is 0 Å². The van der Waals surface area contributed by atoms with Crippen molar-refractivity contribution in [2.24, 2.45) is 16.7 Å². The molecule has 6 heteroatoms. The SMILES string of the molecule is Cc1nnc(C23CC(CN2C(=O)NCC2(C)CCC(C)(C)CC2)C3)o1. The molecule has 6 nitrogen and oxygen atoms in total. The van der Waals surface area contributed by atoms with Gasteiger partial charge in [0.05, 0.1) is 0 Å². The maximum Gasteiger partial charge on any atom is 0.318 e. The summed E-state index contributed by atoms with van der Waals surface area (Å²) in [6.45, 7) is 10.4. The van der Waals surface area contributed by atoms with Crippen LogP contribution in [0.3, 0.4) is 0 Å². The molecule has 2 bridgehead atoms. The zero-order chi connectivity index (χ0) is 17.9. The van der Waals surface area contributed by atoms with Crippen LogP contribution in [0.1, 0.15) is 71.1 Å². The van der Waals surface area contributed by atoms with Gasteiger partial charge < -0.3 is 14.6 Å². The molecule has 0 aromatic carbocycles. The largest absolute Gasteiger partial charge is 0.423 e. The third-order valence-corrected chi connectivity index (χ3v) is 6.86. The van der Waals surface area contributed by atoms with Crippen molar-refractivity contribution >= 4 is 6.03 Å². The van der Waals surface area contributed by atoms with Gasteiger partial charge in [-0.25, -0.2) is 4.79 Å². The maximum absolute atomic E-state index is 12.9. The van der Waals surface area contributed by atoms with E-state index in [-0.39, 0.29) is 17.0 Å². The predicted octanol–water partition coefficient (Wildman–Crippen LogP) is 3.62. The summed E-state index contributed by atoms with van der Waals surface area (Å²) in [5.41, 5.74) is 0.299. The molecule has 3 heterocycles. The van der Waals surface area contributed by atoms with Crippen LogP contribution in [-0.2, 0) is 5.54 Å². The third-order valence-electron chi connectivity index (χ3n) is 6.86. The fourth-order valence-electron chi connectivity index (χ4n) is 4.82. The van der Waals surface area contributed by atoms with Gasteiger partial charge in [0.2, 0.25) is 11.8 Å². The topological polar surface area (TPSA) is 71.3 Å². The minimum Gasteiger partial charge on any atom is -0.423 e. The first-order valence-corrected chi connectivity index (χ1v) is 9.58. The lowest BCUT2D eigenvalue weighted by molar-refractivity contribution is 0.0834. The number of nitrogens with one attached hydrogen (secondary N) is 1. The number of aryl methyl sites for hydroxylation is 1. The normalized spacial score (nSPS) is 32.3. The highest BCUT2D eigenvalue weighted by molar-refractivity contribution is 5.76. The van der Waals surface area contributed by atoms with E-state index in [1.807, 2.05) is 4.90 Å². The summed E-state index contributed by atoms with van der Waals surface area (Å²) < 4.78 is 5.68. The molecule has 1 N–H and O–H groups in total. The van der Waals surface area contributed by atoms with Crippen LogP contribution < -0.4 is 5.32 Å². The molecule has 2 saturated heterocycles. The quantitative estimate of drug-likeness (QED) is 0.907. The summed E-state index contributed by atoms with van der Waals surface area (Å²) in [7, 11) is 0. The second-order valence-electron chi connectivity index (χ2n) is 9.68. The first-order chi connectivity index (χ1) is 11.7. The molecule has 1 aromatic heterocycles. The van der Waals surface area contributed by atoms with E-state index in [4.69, 9.17) is 4.42 Å². The molecule has 1 aromatic rings. The molecule has 4 aliphatic rings. The Morgan fingerprint density at radius 1 is 1.20 bits per heavy atom. The van der Waals surface area contributed by atoms with E-state index in [9.17, 15) is 4.79 Å². The molecule has 138 valence electrons. The minimum absolute atomic E-state index is 0.0295. The van der Waals surface area contributed by atoms with Crippen molar-refractivity contribution in [1.82, 2.24) is 20.4 Å². The van der Waals surface area contributed by atoms with Crippen LogP contribution in [-0.4, -0.2) is 34.2 Å². The number of carbonyl (C=O) groups is 1. The third kappa shape index (κ3) is 2.83. The first-order valence-electron chi connectivity index (χ1n) is 9.58. The molecule has 2 amide bonds. The number of nitrogens with zero attached hydrogens (tertiary/aromatic N) is 3. The van der Waals surface area contributed by atoms with Crippen molar-refractivity contribution in [3.63, 3.8) is 0 Å². The summed E-state index contributed by atoms with van der Waals surface area (Å²) in [5.74, 6) is 1.75. The van der Waals surface area contributed by atoms with E-state index in [0.29, 0.717) is 23.1 Å². The van der Waals surface area contributed by atoms with E-state index < -0.39 is 0 Å². The molecule has 4 fully saturated rings. The number of carbonyl (C=O) groups excluding carboxylic acids is 1. The summed E-state index contributed by atoms with van der Waals surface area (Å²) in [6, 6.07) is 0.0295. The minimum atomic E-state index is -0.356. The Bertz CT molecular complexity index is 665. The van der Waals surface area contributed by atoms with Gasteiger partial charge in [-0.05, 0) is 55.3 Å². The van der Waals surface area contributed by atoms with E-state index >= 15 is 0 Å². The average molecular weight is 346 g/mol. The molecule has 0 radical (unpaired) electrons. The van der Waals surface area contributed by atoms with Gasteiger partial charge in [-0.15, -0.1) is 10.2 Å². The molecule has 2 aliphatic carbocycles. The van der Waals surface area contributed by atoms with Crippen LogP contribution in [0.4, 0.5) is 4.79 Å². The first kappa shape index (κ1) is 16.9. The van der Waals surface area contributed by atoms with Crippen molar-refractivity contribution in [1.29, 1.82) is 0 Å². The highest BCUT2D eigenvalue weighted by atomic mass is 16.4. The van der Waals surface area contributed by atoms with E-state index in [2.05, 4.69) is 36.3 Å². The Kier molecular flexibility index (Phi) is 3.68. The van der Waals surface area contributed by atoms with Crippen molar-refractivity contribution in [2.75, 3.05) is 13.1 Å². The molecule has 2 saturated carbocycles. The highest BCUT2D eigenvalue weighted by Gasteiger charge is 2.62. The summed E-state index contributed by atoms with van der Waals surface area (Å²) >= 11 is 0. The number of amides is 2. The lowest BCUT2D eigenvalue weighted by atomic mass is 9.66. The Balaban J connectivity index is 1.40. The highest BCUT2D eigenvalue weighted by Crippen LogP contribution is 2.56. The summed E-state index contributed by atoms with van der Waals surface area (Å²) in [6.07, 6.45) is 6.72. The molecular weight excluding hydrogens is 316 g/mol. The van der Waals surface area contributed by atoms with Gasteiger partial charge in [0, 0.05) is 20.0 Å². The van der Waals surface area contributed by atoms with Crippen LogP contribution in [0, 0.1) is 23.7 Å². The molecule has 0 atom stereocenters. The monoisotopic (exact) mass is 346 g/mol. The lowest BCUT2D eigenvalue weighted by Crippen LogP contribution is -2.51. The molecule has 0 unspecified atom stereocenters. The average Bonchev–Trinajstić information content (AvgIpc) is 3.20. The molecule has 2 aliphatic heterocycles. The fourth-order valence-corrected chi connectivity index (χ4v) is 4.82. The van der Waals surface area contributed by atoms with Crippen LogP contribution in [0.2, 0.25) is 0 Å². The Labute approximate surface area is 149 Å². The number of fused-ring (bicyclic) bond motifs is 1. The fraction of sp³-hybridized carbons (Fsp3) is 0.842. The maximum atomic E-state index is 12.9. The number of hydrogen-bond donors (Lipinski definition) is 1. The number of urea groups is 1. The van der Waals surface area contributed by atoms with Crippen molar-refractivity contribution < 1.29 is 9.21 Å². The van der Waals surface area contributed by atoms with Gasteiger partial charge in [-0.1, -0.05) is 20.8 Å². The van der Waals surface area contributed by atoms with Crippen molar-refractivity contribution in [3.8, 4) is 0 Å². The number of aromatic nitrogens is 2. The summed E-state index contributed by atoms with van der Waals surface area (Å²) in [5, 5.41) is 11.4. The van der Waals surface area contributed by atoms with Crippen LogP contribution in [0.15, 0.2) is 4.42 Å². The Hall–Kier alpha value is -1.59. The smallest absolute Gasteiger partial charge is 0.318 e. The van der Waals surface area contributed by atoms with Gasteiger partial charge >= 0.3 is 6.03 Å². The Morgan fingerprint density at radius 3 is 2.48 bits per heavy atom. The van der Waals surface area contributed by atoms with Crippen LogP contribution in [0.25, 0.3) is 0 Å². The van der Waals surface area contributed by atoms with E-state index in [1.165, 1.54) is 25.7 Å². The number of rotatable bonds is 3. The summed E-state index contributed by atoms with van der Waals surface area (Å²) in [4.78, 5) is 14.9. The zero-order valence-electron chi connectivity index (χ0n) is 15.9. The standard InChI is InChI=1S/C19H30N4O2/c1-13-21-22-15(25-13)19-9-14(10-19)11-23(19)16(24)20-12-18(4)7-5-17(2,3)6-8-18/h14H,5-12H2,1-4H3,(H,20,24). The zero-order valence-corrected chi connectivity index (χ0v) is 15.9. The van der Waals surface area contributed by atoms with Gasteiger partial charge in [-0.3, -0.25) is 0 Å². The van der Waals surface area contributed by atoms with E-state index in [0.717, 1.165) is 25.9 Å². The van der Waals surface area contributed by atoms with Gasteiger partial charge in [0.15, 0.2) is 0 Å². The molecular formula is C19H30N4O2. The van der Waals surface area contributed by atoms with Gasteiger partial charge in [0.25, 0.3) is 0 Å². The van der Waals surface area contributed by atoms with E-state index in [1.54, 1.807) is 6.92 Å². The Morgan fingerprint density at radius 2 is 1.88 bits per heavy atom. The lowest BCUT2D eigenvalue weighted by Gasteiger charge is -2.42. The number of hydrogen-bond acceptors (Lipinski definition) is 4. The molecule has 5 rings (SSSR count). The second kappa shape index (κ2) is 5.45. The van der Waals surface area contributed by atoms with Crippen molar-refractivity contribution in [3.05, 3.63) is 11.8 Å². The predicted molar refractivity (Wildman–Crippen MR) is 93.9 cm³/mol. The molecule has 25 heavy (non-hydrogen) atoms. The van der Waals surface area contributed by atoms with Crippen LogP contribution >= 0.6 is 0 Å². The van der Waals surface area contributed by atoms with Crippen LogP contribution in [0.5, 0.6) is 0 Å².